The second-order valence-corrected chi connectivity index (χ2v) is 5.41. The van der Waals surface area contributed by atoms with Gasteiger partial charge in [0.25, 0.3) is 0 Å². The predicted molar refractivity (Wildman–Crippen MR) is 48.1 cm³/mol. The van der Waals surface area contributed by atoms with Gasteiger partial charge < -0.3 is 0 Å². The van der Waals surface area contributed by atoms with Crippen LogP contribution in [0, 0.1) is 17.8 Å². The average Bonchev–Trinajstić information content (AvgIpc) is 2.48. The molecule has 0 aliphatic heterocycles. The van der Waals surface area contributed by atoms with Crippen molar-refractivity contribution in [2.24, 2.45) is 17.8 Å². The molecule has 0 aromatic carbocycles. The van der Waals surface area contributed by atoms with Crippen LogP contribution in [-0.4, -0.2) is 9.52 Å². The minimum atomic E-state index is 0.330. The highest BCUT2D eigenvalue weighted by Gasteiger charge is 2.34. The van der Waals surface area contributed by atoms with Gasteiger partial charge in [0.05, 0.1) is 0 Å². The summed E-state index contributed by atoms with van der Waals surface area (Å²) in [6.45, 7) is 2.44. The highest BCUT2D eigenvalue weighted by Crippen LogP contribution is 2.44. The molecule has 0 aromatic rings. The first-order chi connectivity index (χ1) is 4.90. The molecule has 10 heavy (non-hydrogen) atoms. The van der Waals surface area contributed by atoms with Crippen molar-refractivity contribution in [2.75, 3.05) is 0 Å². The average molecular weight is 152 g/mol. The second kappa shape index (κ2) is 2.53. The van der Waals surface area contributed by atoms with E-state index in [1.807, 2.05) is 0 Å². The van der Waals surface area contributed by atoms with Crippen LogP contribution in [0.3, 0.4) is 0 Å². The lowest BCUT2D eigenvalue weighted by molar-refractivity contribution is 0.492. The van der Waals surface area contributed by atoms with E-state index >= 15 is 0 Å². The van der Waals surface area contributed by atoms with Crippen LogP contribution in [0.5, 0.6) is 0 Å². The second-order valence-electron chi connectivity index (χ2n) is 3.83. The van der Waals surface area contributed by atoms with E-state index in [1.165, 1.54) is 12.8 Å². The molecule has 3 unspecified atom stereocenters. The maximum Gasteiger partial charge on any atom is 0.0169 e. The lowest BCUT2D eigenvalue weighted by Gasteiger charge is -2.15. The summed E-state index contributed by atoms with van der Waals surface area (Å²) < 4.78 is 0. The van der Waals surface area contributed by atoms with Gasteiger partial charge in [0.1, 0.15) is 0 Å². The van der Waals surface area contributed by atoms with E-state index in [2.05, 4.69) is 18.7 Å². The molecule has 56 valence electrons. The lowest BCUT2D eigenvalue weighted by Crippen LogP contribution is -2.07. The van der Waals surface area contributed by atoms with Gasteiger partial charge in [-0.15, -0.1) is 0 Å². The molecular formula is C9H16Si. The third-order valence-corrected chi connectivity index (χ3v) is 4.39. The van der Waals surface area contributed by atoms with E-state index in [0.29, 0.717) is 9.52 Å². The Labute approximate surface area is 65.5 Å². The smallest absolute Gasteiger partial charge is 0.0169 e. The number of fused-ring (bicyclic) bond motifs is 2. The summed E-state index contributed by atoms with van der Waals surface area (Å²) in [5, 5.41) is 0. The normalized spacial score (nSPS) is 44.3. The molecule has 2 bridgehead atoms. The fraction of sp³-hybridized carbons (Fsp3) is 0.778. The highest BCUT2D eigenvalue weighted by atomic mass is 28.2. The van der Waals surface area contributed by atoms with Crippen LogP contribution >= 0.6 is 0 Å². The van der Waals surface area contributed by atoms with Gasteiger partial charge in [-0.25, -0.2) is 0 Å². The molecular weight excluding hydrogens is 136 g/mol. The molecule has 0 spiro atoms. The van der Waals surface area contributed by atoms with Gasteiger partial charge >= 0.3 is 0 Å². The fourth-order valence-electron chi connectivity index (χ4n) is 2.60. The topological polar surface area (TPSA) is 0 Å². The van der Waals surface area contributed by atoms with Crippen molar-refractivity contribution in [2.45, 2.75) is 25.4 Å². The Hall–Kier alpha value is -0.0431. The number of hydrogen-bond donors (Lipinski definition) is 0. The van der Waals surface area contributed by atoms with Crippen molar-refractivity contribution in [3.63, 3.8) is 0 Å². The summed E-state index contributed by atoms with van der Waals surface area (Å²) in [7, 11) is 0.330. The molecule has 3 atom stereocenters. The van der Waals surface area contributed by atoms with Gasteiger partial charge in [-0.05, 0) is 30.6 Å². The molecule has 2 aliphatic carbocycles. The van der Waals surface area contributed by atoms with Gasteiger partial charge in [0, 0.05) is 9.52 Å². The summed E-state index contributed by atoms with van der Waals surface area (Å²) in [5.41, 5.74) is 0. The number of allylic oxidation sites excluding steroid dienone is 2. The Morgan fingerprint density at radius 2 is 2.30 bits per heavy atom. The molecule has 0 saturated heterocycles. The van der Waals surface area contributed by atoms with E-state index < -0.39 is 0 Å². The van der Waals surface area contributed by atoms with Gasteiger partial charge in [0.15, 0.2) is 0 Å². The van der Waals surface area contributed by atoms with E-state index in [0.717, 1.165) is 17.8 Å². The summed E-state index contributed by atoms with van der Waals surface area (Å²) in [6.07, 6.45) is 7.95. The largest absolute Gasteiger partial charge is 0.0851 e. The minimum absolute atomic E-state index is 0.330. The zero-order valence-corrected chi connectivity index (χ0v) is 8.13. The number of hydrogen-bond acceptors (Lipinski definition) is 0. The molecule has 2 rings (SSSR count). The molecule has 0 radical (unpaired) electrons. The Balaban J connectivity index is 1.96. The summed E-state index contributed by atoms with van der Waals surface area (Å²) in [4.78, 5) is 0. The number of rotatable bonds is 2. The first-order valence-corrected chi connectivity index (χ1v) is 7.00. The third-order valence-electron chi connectivity index (χ3n) is 3.08. The molecule has 0 heterocycles. The van der Waals surface area contributed by atoms with Crippen molar-refractivity contribution >= 4 is 9.52 Å². The van der Waals surface area contributed by atoms with Crippen molar-refractivity contribution in [3.05, 3.63) is 12.2 Å². The minimum Gasteiger partial charge on any atom is -0.0851 e. The van der Waals surface area contributed by atoms with E-state index in [4.69, 9.17) is 0 Å². The zero-order valence-electron chi connectivity index (χ0n) is 6.72. The molecule has 1 heteroatoms. The van der Waals surface area contributed by atoms with Crippen molar-refractivity contribution in [3.8, 4) is 0 Å². The molecule has 0 N–H and O–H groups in total. The summed E-state index contributed by atoms with van der Waals surface area (Å²) in [6, 6.07) is 1.60. The van der Waals surface area contributed by atoms with Gasteiger partial charge in [-0.2, -0.15) is 0 Å². The Morgan fingerprint density at radius 3 is 2.80 bits per heavy atom. The van der Waals surface area contributed by atoms with E-state index in [-0.39, 0.29) is 0 Å². The van der Waals surface area contributed by atoms with Crippen molar-refractivity contribution in [1.29, 1.82) is 0 Å². The van der Waals surface area contributed by atoms with E-state index in [1.54, 1.807) is 6.04 Å². The van der Waals surface area contributed by atoms with Gasteiger partial charge in [-0.3, -0.25) is 0 Å². The monoisotopic (exact) mass is 152 g/mol. The first-order valence-electron chi connectivity index (χ1n) is 4.58. The molecule has 2 aliphatic rings. The molecule has 0 amide bonds. The fourth-order valence-corrected chi connectivity index (χ4v) is 4.00. The Morgan fingerprint density at radius 1 is 1.40 bits per heavy atom. The van der Waals surface area contributed by atoms with Crippen molar-refractivity contribution < 1.29 is 0 Å². The molecule has 0 aromatic heterocycles. The van der Waals surface area contributed by atoms with Crippen LogP contribution in [0.25, 0.3) is 0 Å². The highest BCUT2D eigenvalue weighted by molar-refractivity contribution is 6.33. The molecule has 1 fully saturated rings. The maximum atomic E-state index is 2.48. The quantitative estimate of drug-likeness (QED) is 0.418. The third kappa shape index (κ3) is 0.967. The molecule has 0 nitrogen and oxygen atoms in total. The van der Waals surface area contributed by atoms with Crippen LogP contribution in [0.15, 0.2) is 12.2 Å². The lowest BCUT2D eigenvalue weighted by atomic mass is 9.96. The SMILES string of the molecule is C[SiH2]CC1CC2C=CC1C2. The molecule has 1 saturated carbocycles. The van der Waals surface area contributed by atoms with E-state index in [9.17, 15) is 0 Å². The van der Waals surface area contributed by atoms with Crippen LogP contribution in [0.2, 0.25) is 12.6 Å². The van der Waals surface area contributed by atoms with Gasteiger partial charge in [-0.1, -0.05) is 24.7 Å². The summed E-state index contributed by atoms with van der Waals surface area (Å²) in [5.74, 6) is 3.12. The van der Waals surface area contributed by atoms with Crippen LogP contribution < -0.4 is 0 Å². The maximum absolute atomic E-state index is 2.48. The first kappa shape index (κ1) is 6.65. The standard InChI is InChI=1S/C9H16Si/c1-10-6-9-5-7-2-3-8(9)4-7/h2-3,7-9H,4-6,10H2,1H3. The Bertz CT molecular complexity index is 151. The van der Waals surface area contributed by atoms with Crippen LogP contribution in [0.4, 0.5) is 0 Å². The van der Waals surface area contributed by atoms with Crippen molar-refractivity contribution in [1.82, 2.24) is 0 Å². The summed E-state index contributed by atoms with van der Waals surface area (Å²) >= 11 is 0. The predicted octanol–water partition coefficient (Wildman–Crippen LogP) is 1.83. The Kier molecular flexibility index (Phi) is 1.69. The van der Waals surface area contributed by atoms with Gasteiger partial charge in [0.2, 0.25) is 0 Å². The zero-order chi connectivity index (χ0) is 6.97. The van der Waals surface area contributed by atoms with Crippen LogP contribution in [0.1, 0.15) is 12.8 Å². The van der Waals surface area contributed by atoms with Crippen LogP contribution in [-0.2, 0) is 0 Å².